The maximum atomic E-state index is 11.2. The lowest BCUT2D eigenvalue weighted by molar-refractivity contribution is 0.0481. The van der Waals surface area contributed by atoms with Crippen LogP contribution in [0.1, 0.15) is 23.5 Å². The lowest BCUT2D eigenvalue weighted by Crippen LogP contribution is -2.04. The second-order valence-electron chi connectivity index (χ2n) is 4.98. The van der Waals surface area contributed by atoms with Crippen LogP contribution >= 0.6 is 0 Å². The number of esters is 1. The molecule has 0 saturated carbocycles. The SMILES string of the molecule is CCOC(=O)c1ncc(-c2ccco2)o1.OCc1ncc(-c2ccco2)o1. The Balaban J connectivity index is 0.000000159. The van der Waals surface area contributed by atoms with Gasteiger partial charge in [-0.3, -0.25) is 0 Å². The molecule has 9 nitrogen and oxygen atoms in total. The van der Waals surface area contributed by atoms with E-state index < -0.39 is 5.97 Å². The number of rotatable bonds is 5. The number of carbonyl (C=O) groups is 1. The largest absolute Gasteiger partial charge is 0.461 e. The Morgan fingerprint density at radius 2 is 1.63 bits per heavy atom. The van der Waals surface area contributed by atoms with Crippen molar-refractivity contribution in [3.63, 3.8) is 0 Å². The molecule has 0 amide bonds. The number of oxazole rings is 2. The fourth-order valence-corrected chi connectivity index (χ4v) is 2.01. The van der Waals surface area contributed by atoms with Crippen molar-refractivity contribution in [1.29, 1.82) is 0 Å². The summed E-state index contributed by atoms with van der Waals surface area (Å²) in [6.07, 6.45) is 6.01. The van der Waals surface area contributed by atoms with Gasteiger partial charge in [0, 0.05) is 0 Å². The first-order valence-electron chi connectivity index (χ1n) is 7.97. The van der Waals surface area contributed by atoms with E-state index in [-0.39, 0.29) is 19.1 Å². The van der Waals surface area contributed by atoms with Gasteiger partial charge in [-0.25, -0.2) is 14.8 Å². The number of aromatic nitrogens is 2. The Labute approximate surface area is 153 Å². The Kier molecular flexibility index (Phi) is 5.85. The van der Waals surface area contributed by atoms with E-state index in [4.69, 9.17) is 27.5 Å². The van der Waals surface area contributed by atoms with Crippen LogP contribution in [0.15, 0.2) is 66.9 Å². The first kappa shape index (κ1) is 18.2. The number of furan rings is 2. The monoisotopic (exact) mass is 372 g/mol. The Morgan fingerprint density at radius 1 is 1.00 bits per heavy atom. The van der Waals surface area contributed by atoms with Crippen LogP contribution in [0.25, 0.3) is 23.0 Å². The van der Waals surface area contributed by atoms with E-state index >= 15 is 0 Å². The van der Waals surface area contributed by atoms with E-state index in [1.54, 1.807) is 37.5 Å². The maximum absolute atomic E-state index is 11.2. The number of ether oxygens (including phenoxy) is 1. The van der Waals surface area contributed by atoms with Crippen LogP contribution in [0.3, 0.4) is 0 Å². The van der Waals surface area contributed by atoms with Crippen molar-refractivity contribution in [3.8, 4) is 23.0 Å². The molecule has 1 N–H and O–H groups in total. The number of aliphatic hydroxyl groups excluding tert-OH is 1. The highest BCUT2D eigenvalue weighted by Crippen LogP contribution is 2.21. The topological polar surface area (TPSA) is 125 Å². The zero-order chi connectivity index (χ0) is 19.1. The second-order valence-corrected chi connectivity index (χ2v) is 4.98. The highest BCUT2D eigenvalue weighted by molar-refractivity contribution is 5.84. The molecule has 4 aromatic rings. The normalized spacial score (nSPS) is 10.3. The first-order chi connectivity index (χ1) is 13.2. The molecule has 0 atom stereocenters. The summed E-state index contributed by atoms with van der Waals surface area (Å²) in [5.41, 5.74) is 0. The molecule has 0 unspecified atom stereocenters. The van der Waals surface area contributed by atoms with Crippen molar-refractivity contribution >= 4 is 5.97 Å². The van der Waals surface area contributed by atoms with Gasteiger partial charge in [-0.1, -0.05) is 0 Å². The van der Waals surface area contributed by atoms with Crippen LogP contribution in [0.4, 0.5) is 0 Å². The van der Waals surface area contributed by atoms with Crippen molar-refractivity contribution in [2.75, 3.05) is 6.61 Å². The number of hydrogen-bond donors (Lipinski definition) is 1. The van der Waals surface area contributed by atoms with Gasteiger partial charge in [0.15, 0.2) is 23.0 Å². The number of aliphatic hydroxyl groups is 1. The summed E-state index contributed by atoms with van der Waals surface area (Å²) in [4.78, 5) is 18.8. The molecule has 4 heterocycles. The van der Waals surface area contributed by atoms with Crippen molar-refractivity contribution in [2.45, 2.75) is 13.5 Å². The number of carbonyl (C=O) groups excluding carboxylic acids is 1. The van der Waals surface area contributed by atoms with E-state index in [0.29, 0.717) is 28.9 Å². The van der Waals surface area contributed by atoms with Gasteiger partial charge in [-0.15, -0.1) is 0 Å². The molecule has 9 heteroatoms. The highest BCUT2D eigenvalue weighted by Gasteiger charge is 2.16. The minimum atomic E-state index is -0.574. The molecule has 0 spiro atoms. The molecule has 4 aromatic heterocycles. The Bertz CT molecular complexity index is 952. The molecule has 27 heavy (non-hydrogen) atoms. The zero-order valence-electron chi connectivity index (χ0n) is 14.3. The predicted molar refractivity (Wildman–Crippen MR) is 90.3 cm³/mol. The number of nitrogens with zero attached hydrogens (tertiary/aromatic N) is 2. The van der Waals surface area contributed by atoms with Gasteiger partial charge in [0.2, 0.25) is 5.89 Å². The van der Waals surface area contributed by atoms with Crippen LogP contribution in [0.2, 0.25) is 0 Å². The average Bonchev–Trinajstić information content (AvgIpc) is 3.50. The molecule has 0 saturated heterocycles. The minimum Gasteiger partial charge on any atom is -0.461 e. The first-order valence-corrected chi connectivity index (χ1v) is 7.97. The summed E-state index contributed by atoms with van der Waals surface area (Å²) in [6, 6.07) is 6.97. The third-order valence-electron chi connectivity index (χ3n) is 3.17. The van der Waals surface area contributed by atoms with Crippen molar-refractivity contribution in [1.82, 2.24) is 9.97 Å². The molecule has 4 rings (SSSR count). The minimum absolute atomic E-state index is 0.0664. The lowest BCUT2D eigenvalue weighted by Gasteiger charge is -1.94. The van der Waals surface area contributed by atoms with E-state index in [2.05, 4.69) is 9.97 Å². The Hall–Kier alpha value is -3.59. The maximum Gasteiger partial charge on any atom is 0.394 e. The van der Waals surface area contributed by atoms with Crippen molar-refractivity contribution in [2.24, 2.45) is 0 Å². The van der Waals surface area contributed by atoms with Gasteiger partial charge in [0.05, 0.1) is 31.5 Å². The van der Waals surface area contributed by atoms with Gasteiger partial charge >= 0.3 is 11.9 Å². The second kappa shape index (κ2) is 8.68. The van der Waals surface area contributed by atoms with Gasteiger partial charge < -0.3 is 27.5 Å². The third-order valence-corrected chi connectivity index (χ3v) is 3.17. The molecule has 0 aliphatic carbocycles. The molecule has 0 aromatic carbocycles. The summed E-state index contributed by atoms with van der Waals surface area (Å²) in [5.74, 6) is 1.73. The van der Waals surface area contributed by atoms with Gasteiger partial charge in [-0.05, 0) is 31.2 Å². The third kappa shape index (κ3) is 4.53. The standard InChI is InChI=1S/C10H9NO4.C8H7NO3/c1-2-13-10(12)9-11-6-8(15-9)7-4-3-5-14-7;10-5-8-9-4-7(12-8)6-2-1-3-11-6/h3-6H,2H2,1H3;1-4,10H,5H2. The molecule has 0 aliphatic rings. The Morgan fingerprint density at radius 3 is 2.15 bits per heavy atom. The highest BCUT2D eigenvalue weighted by atomic mass is 16.5. The summed E-state index contributed by atoms with van der Waals surface area (Å²) in [6.45, 7) is 1.81. The lowest BCUT2D eigenvalue weighted by atomic mass is 10.4. The van der Waals surface area contributed by atoms with Crippen LogP contribution in [-0.4, -0.2) is 27.7 Å². The molecule has 0 aliphatic heterocycles. The predicted octanol–water partition coefficient (Wildman–Crippen LogP) is 3.54. The fraction of sp³-hybridized carbons (Fsp3) is 0.167. The van der Waals surface area contributed by atoms with Crippen LogP contribution in [0, 0.1) is 0 Å². The van der Waals surface area contributed by atoms with Crippen LogP contribution < -0.4 is 0 Å². The quantitative estimate of drug-likeness (QED) is 0.523. The number of hydrogen-bond acceptors (Lipinski definition) is 9. The van der Waals surface area contributed by atoms with Crippen LogP contribution in [-0.2, 0) is 11.3 Å². The van der Waals surface area contributed by atoms with Gasteiger partial charge in [-0.2, -0.15) is 0 Å². The summed E-state index contributed by atoms with van der Waals surface area (Å²) in [5, 5.41) is 8.66. The summed E-state index contributed by atoms with van der Waals surface area (Å²) in [7, 11) is 0. The van der Waals surface area contributed by atoms with Crippen LogP contribution in [0.5, 0.6) is 0 Å². The fourth-order valence-electron chi connectivity index (χ4n) is 2.01. The van der Waals surface area contributed by atoms with E-state index in [1.807, 2.05) is 0 Å². The smallest absolute Gasteiger partial charge is 0.394 e. The molecular weight excluding hydrogens is 356 g/mol. The molecule has 0 bridgehead atoms. The molecular formula is C18H16N2O7. The molecule has 140 valence electrons. The summed E-state index contributed by atoms with van der Waals surface area (Å²) < 4.78 is 25.2. The van der Waals surface area contributed by atoms with E-state index in [0.717, 1.165) is 0 Å². The van der Waals surface area contributed by atoms with Gasteiger partial charge in [0.25, 0.3) is 0 Å². The van der Waals surface area contributed by atoms with Crippen molar-refractivity contribution < 1.29 is 32.3 Å². The van der Waals surface area contributed by atoms with Crippen molar-refractivity contribution in [3.05, 3.63) is 61.0 Å². The van der Waals surface area contributed by atoms with Gasteiger partial charge in [0.1, 0.15) is 6.61 Å². The average molecular weight is 372 g/mol. The van der Waals surface area contributed by atoms with E-state index in [1.165, 1.54) is 18.7 Å². The molecule has 0 radical (unpaired) electrons. The summed E-state index contributed by atoms with van der Waals surface area (Å²) >= 11 is 0. The zero-order valence-corrected chi connectivity index (χ0v) is 14.3. The van der Waals surface area contributed by atoms with E-state index in [9.17, 15) is 4.79 Å². The molecule has 0 fully saturated rings.